The van der Waals surface area contributed by atoms with E-state index in [4.69, 9.17) is 4.74 Å². The molecule has 1 heterocycles. The highest BCUT2D eigenvalue weighted by Crippen LogP contribution is 2.43. The van der Waals surface area contributed by atoms with Crippen molar-refractivity contribution in [3.63, 3.8) is 0 Å². The molecule has 3 nitrogen and oxygen atoms in total. The lowest BCUT2D eigenvalue weighted by Gasteiger charge is -2.33. The summed E-state index contributed by atoms with van der Waals surface area (Å²) >= 11 is 0. The fourth-order valence-electron chi connectivity index (χ4n) is 4.56. The molecule has 0 spiro atoms. The van der Waals surface area contributed by atoms with E-state index in [1.54, 1.807) is 6.07 Å². The largest absolute Gasteiger partial charge is 0.466 e. The SMILES string of the molecule is CCOC(=O)C(CC)[C@H]1CC[C@@H](c2ccnc3c(C(F)(F)F)cccc32)CC1. The monoisotopic (exact) mass is 393 g/mol. The maximum atomic E-state index is 13.3. The number of hydrogen-bond acceptors (Lipinski definition) is 3. The number of carbonyl (C=O) groups is 1. The van der Waals surface area contributed by atoms with Crippen molar-refractivity contribution in [1.82, 2.24) is 4.98 Å². The van der Waals surface area contributed by atoms with Crippen LogP contribution in [0.1, 0.15) is 63.0 Å². The van der Waals surface area contributed by atoms with Gasteiger partial charge in [-0.05, 0) is 68.6 Å². The zero-order valence-corrected chi connectivity index (χ0v) is 16.3. The summed E-state index contributed by atoms with van der Waals surface area (Å²) in [5, 5.41) is 0.582. The van der Waals surface area contributed by atoms with E-state index in [1.165, 1.54) is 12.3 Å². The number of halogens is 3. The number of aromatic nitrogens is 1. The Hall–Kier alpha value is -2.11. The molecule has 0 saturated heterocycles. The topological polar surface area (TPSA) is 39.2 Å². The third kappa shape index (κ3) is 4.15. The van der Waals surface area contributed by atoms with E-state index in [-0.39, 0.29) is 29.2 Å². The van der Waals surface area contributed by atoms with Crippen LogP contribution in [0.2, 0.25) is 0 Å². The van der Waals surface area contributed by atoms with Gasteiger partial charge in [-0.3, -0.25) is 9.78 Å². The zero-order valence-electron chi connectivity index (χ0n) is 16.3. The van der Waals surface area contributed by atoms with E-state index in [0.29, 0.717) is 12.0 Å². The van der Waals surface area contributed by atoms with Crippen LogP contribution in [0, 0.1) is 11.8 Å². The van der Waals surface area contributed by atoms with Crippen molar-refractivity contribution in [1.29, 1.82) is 0 Å². The fourth-order valence-corrected chi connectivity index (χ4v) is 4.56. The van der Waals surface area contributed by atoms with Gasteiger partial charge in [0.1, 0.15) is 0 Å². The molecule has 1 aliphatic rings. The van der Waals surface area contributed by atoms with E-state index in [0.717, 1.165) is 43.7 Å². The minimum Gasteiger partial charge on any atom is -0.466 e. The Kier molecular flexibility index (Phi) is 6.26. The van der Waals surface area contributed by atoms with E-state index >= 15 is 0 Å². The number of rotatable bonds is 5. The maximum absolute atomic E-state index is 13.3. The predicted octanol–water partition coefficient (Wildman–Crippen LogP) is 6.12. The first-order chi connectivity index (χ1) is 13.4. The van der Waals surface area contributed by atoms with Crippen LogP contribution in [0.15, 0.2) is 30.5 Å². The first-order valence-corrected chi connectivity index (χ1v) is 9.98. The van der Waals surface area contributed by atoms with Crippen molar-refractivity contribution < 1.29 is 22.7 Å². The van der Waals surface area contributed by atoms with Gasteiger partial charge in [0.25, 0.3) is 0 Å². The molecule has 2 aromatic rings. The average molecular weight is 393 g/mol. The summed E-state index contributed by atoms with van der Waals surface area (Å²) in [5.74, 6) is 0.244. The number of carbonyl (C=O) groups excluding carboxylic acids is 1. The Labute approximate surface area is 163 Å². The van der Waals surface area contributed by atoms with Gasteiger partial charge in [-0.25, -0.2) is 0 Å². The summed E-state index contributed by atoms with van der Waals surface area (Å²) in [7, 11) is 0. The molecule has 28 heavy (non-hydrogen) atoms. The van der Waals surface area contributed by atoms with Gasteiger partial charge in [-0.2, -0.15) is 13.2 Å². The number of benzene rings is 1. The van der Waals surface area contributed by atoms with E-state index in [1.807, 2.05) is 19.9 Å². The highest BCUT2D eigenvalue weighted by molar-refractivity contribution is 5.85. The lowest BCUT2D eigenvalue weighted by Crippen LogP contribution is -2.28. The van der Waals surface area contributed by atoms with Crippen molar-refractivity contribution in [2.75, 3.05) is 6.61 Å². The first kappa shape index (κ1) is 20.6. The van der Waals surface area contributed by atoms with Crippen molar-refractivity contribution in [2.24, 2.45) is 11.8 Å². The van der Waals surface area contributed by atoms with Gasteiger partial charge in [0.15, 0.2) is 0 Å². The third-order valence-electron chi connectivity index (χ3n) is 5.92. The van der Waals surface area contributed by atoms with Crippen LogP contribution in [-0.2, 0) is 15.7 Å². The van der Waals surface area contributed by atoms with Crippen LogP contribution >= 0.6 is 0 Å². The number of alkyl halides is 3. The molecule has 1 atom stereocenters. The third-order valence-corrected chi connectivity index (χ3v) is 5.92. The number of hydrogen-bond donors (Lipinski definition) is 0. The summed E-state index contributed by atoms with van der Waals surface area (Å²) in [6.45, 7) is 4.20. The van der Waals surface area contributed by atoms with Gasteiger partial charge in [-0.1, -0.05) is 19.1 Å². The van der Waals surface area contributed by atoms with Gasteiger partial charge in [-0.15, -0.1) is 0 Å². The molecule has 152 valence electrons. The van der Waals surface area contributed by atoms with Crippen LogP contribution in [0.4, 0.5) is 13.2 Å². The summed E-state index contributed by atoms with van der Waals surface area (Å²) < 4.78 is 45.2. The summed E-state index contributed by atoms with van der Waals surface area (Å²) in [4.78, 5) is 16.2. The summed E-state index contributed by atoms with van der Waals surface area (Å²) in [6, 6.07) is 6.11. The van der Waals surface area contributed by atoms with Crippen LogP contribution < -0.4 is 0 Å². The highest BCUT2D eigenvalue weighted by atomic mass is 19.4. The van der Waals surface area contributed by atoms with Gasteiger partial charge in [0, 0.05) is 11.6 Å². The molecule has 1 saturated carbocycles. The highest BCUT2D eigenvalue weighted by Gasteiger charge is 2.35. The van der Waals surface area contributed by atoms with E-state index in [9.17, 15) is 18.0 Å². The molecule has 0 amide bonds. The normalized spacial score (nSPS) is 21.5. The molecular weight excluding hydrogens is 367 g/mol. The molecule has 1 aliphatic carbocycles. The Morgan fingerprint density at radius 1 is 1.18 bits per heavy atom. The molecule has 0 radical (unpaired) electrons. The van der Waals surface area contributed by atoms with Crippen molar-refractivity contribution in [3.8, 4) is 0 Å². The second-order valence-electron chi connectivity index (χ2n) is 7.48. The average Bonchev–Trinajstić information content (AvgIpc) is 2.68. The lowest BCUT2D eigenvalue weighted by molar-refractivity contribution is -0.150. The summed E-state index contributed by atoms with van der Waals surface area (Å²) in [6.07, 6.45) is 1.28. The van der Waals surface area contributed by atoms with Gasteiger partial charge < -0.3 is 4.74 Å². The maximum Gasteiger partial charge on any atom is 0.418 e. The van der Waals surface area contributed by atoms with Crippen molar-refractivity contribution >= 4 is 16.9 Å². The molecule has 3 rings (SSSR count). The van der Waals surface area contributed by atoms with E-state index in [2.05, 4.69) is 4.98 Å². The van der Waals surface area contributed by atoms with Gasteiger partial charge >= 0.3 is 12.1 Å². The molecular formula is C22H26F3NO2. The number of para-hydroxylation sites is 1. The van der Waals surface area contributed by atoms with Gasteiger partial charge in [0.2, 0.25) is 0 Å². The summed E-state index contributed by atoms with van der Waals surface area (Å²) in [5.41, 5.74) is 0.264. The van der Waals surface area contributed by atoms with Crippen molar-refractivity contribution in [3.05, 3.63) is 41.6 Å². The standard InChI is InChI=1S/C22H26F3NO2/c1-3-16(21(27)28-4-2)14-8-10-15(11-9-14)17-12-13-26-20-18(17)6-5-7-19(20)22(23,24)25/h5-7,12-16H,3-4,8-11H2,1-2H3/t14-,15+,16?. The van der Waals surface area contributed by atoms with Crippen LogP contribution in [-0.4, -0.2) is 17.6 Å². The van der Waals surface area contributed by atoms with Gasteiger partial charge in [0.05, 0.1) is 23.6 Å². The molecule has 1 unspecified atom stereocenters. The van der Waals surface area contributed by atoms with Crippen LogP contribution in [0.3, 0.4) is 0 Å². The Morgan fingerprint density at radius 3 is 2.50 bits per heavy atom. The molecule has 0 bridgehead atoms. The Balaban J connectivity index is 1.81. The second-order valence-corrected chi connectivity index (χ2v) is 7.48. The Morgan fingerprint density at radius 2 is 1.89 bits per heavy atom. The fraction of sp³-hybridized carbons (Fsp3) is 0.545. The minimum atomic E-state index is -4.42. The Bertz CT molecular complexity index is 826. The first-order valence-electron chi connectivity index (χ1n) is 9.98. The molecule has 1 aromatic heterocycles. The molecule has 1 fully saturated rings. The van der Waals surface area contributed by atoms with Crippen LogP contribution in [0.5, 0.6) is 0 Å². The zero-order chi connectivity index (χ0) is 20.3. The number of esters is 1. The van der Waals surface area contributed by atoms with E-state index < -0.39 is 11.7 Å². The number of ether oxygens (including phenoxy) is 1. The smallest absolute Gasteiger partial charge is 0.418 e. The lowest BCUT2D eigenvalue weighted by atomic mass is 9.72. The van der Waals surface area contributed by atoms with Crippen LogP contribution in [0.25, 0.3) is 10.9 Å². The molecule has 6 heteroatoms. The quantitative estimate of drug-likeness (QED) is 0.575. The number of nitrogens with zero attached hydrogens (tertiary/aromatic N) is 1. The second kappa shape index (κ2) is 8.50. The number of pyridine rings is 1. The van der Waals surface area contributed by atoms with Crippen molar-refractivity contribution in [2.45, 2.75) is 58.0 Å². The predicted molar refractivity (Wildman–Crippen MR) is 102 cm³/mol. The molecule has 0 N–H and O–H groups in total. The number of fused-ring (bicyclic) bond motifs is 1. The molecule has 0 aliphatic heterocycles. The molecule has 1 aromatic carbocycles. The minimum absolute atomic E-state index is 0.0209.